The van der Waals surface area contributed by atoms with E-state index in [2.05, 4.69) is 22.6 Å². The Kier molecular flexibility index (Phi) is 5.99. The molecule has 6 rings (SSSR count). The van der Waals surface area contributed by atoms with E-state index in [0.717, 1.165) is 41.1 Å². The Bertz CT molecular complexity index is 1180. The van der Waals surface area contributed by atoms with Gasteiger partial charge in [-0.25, -0.2) is 4.79 Å². The van der Waals surface area contributed by atoms with Crippen LogP contribution < -0.4 is 4.74 Å². The maximum Gasteiger partial charge on any atom is 0.347 e. The van der Waals surface area contributed by atoms with Crippen LogP contribution in [0.25, 0.3) is 0 Å². The summed E-state index contributed by atoms with van der Waals surface area (Å²) in [6.45, 7) is 0. The molecule has 4 bridgehead atoms. The van der Waals surface area contributed by atoms with Crippen molar-refractivity contribution in [1.29, 1.82) is 0 Å². The predicted molar refractivity (Wildman–Crippen MR) is 135 cm³/mol. The molecule has 4 aliphatic rings. The lowest BCUT2D eigenvalue weighted by atomic mass is 9.51. The number of benzene rings is 2. The van der Waals surface area contributed by atoms with Crippen molar-refractivity contribution in [2.45, 2.75) is 42.9 Å². The van der Waals surface area contributed by atoms with Crippen LogP contribution in [0.2, 0.25) is 0 Å². The van der Waals surface area contributed by atoms with Crippen molar-refractivity contribution in [3.63, 3.8) is 0 Å². The van der Waals surface area contributed by atoms with Gasteiger partial charge in [-0.3, -0.25) is 4.55 Å². The van der Waals surface area contributed by atoms with E-state index in [4.69, 9.17) is 4.74 Å². The smallest absolute Gasteiger partial charge is 0.347 e. The maximum absolute atomic E-state index is 12.8. The molecule has 0 atom stereocenters. The highest BCUT2D eigenvalue weighted by Crippen LogP contribution is 2.60. The molecule has 0 radical (unpaired) electrons. The second-order valence-corrected chi connectivity index (χ2v) is 13.1. The van der Waals surface area contributed by atoms with E-state index in [1.54, 1.807) is 18.2 Å². The van der Waals surface area contributed by atoms with E-state index in [9.17, 15) is 22.9 Å². The lowest BCUT2D eigenvalue weighted by molar-refractivity contribution is -0.00373. The van der Waals surface area contributed by atoms with Crippen molar-refractivity contribution in [3.05, 3.63) is 48.6 Å². The molecular formula is C23H22I2O6S. The van der Waals surface area contributed by atoms with Crippen LogP contribution in [0.5, 0.6) is 11.5 Å². The summed E-state index contributed by atoms with van der Waals surface area (Å²) < 4.78 is 41.1. The van der Waals surface area contributed by atoms with Crippen LogP contribution in [-0.4, -0.2) is 24.0 Å². The highest BCUT2D eigenvalue weighted by atomic mass is 127. The number of hydrogen-bond acceptors (Lipinski definition) is 5. The Morgan fingerprint density at radius 2 is 1.59 bits per heavy atom. The third kappa shape index (κ3) is 4.18. The molecule has 6 nitrogen and oxygen atoms in total. The fraction of sp³-hybridized carbons (Fsp3) is 0.435. The Hall–Kier alpha value is -0.920. The van der Waals surface area contributed by atoms with E-state index in [0.29, 0.717) is 21.0 Å². The van der Waals surface area contributed by atoms with Crippen LogP contribution in [0, 0.1) is 30.8 Å². The number of phenolic OH excluding ortho intramolecular Hbond substituents is 1. The summed E-state index contributed by atoms with van der Waals surface area (Å²) in [5.74, 6) is 1.59. The van der Waals surface area contributed by atoms with Crippen LogP contribution >= 0.6 is 45.2 Å². The molecule has 4 saturated carbocycles. The van der Waals surface area contributed by atoms with E-state index in [-0.39, 0.29) is 27.9 Å². The molecule has 0 aliphatic heterocycles. The van der Waals surface area contributed by atoms with Crippen LogP contribution in [-0.2, 0) is 10.1 Å². The topological polar surface area (TPSA) is 101 Å². The Morgan fingerprint density at radius 3 is 2.19 bits per heavy atom. The predicted octanol–water partition coefficient (Wildman–Crippen LogP) is 5.61. The van der Waals surface area contributed by atoms with Gasteiger partial charge in [0.1, 0.15) is 17.1 Å². The number of hydrogen-bond donors (Lipinski definition) is 2. The number of carbonyl (C=O) groups is 1. The summed E-state index contributed by atoms with van der Waals surface area (Å²) in [7, 11) is -4.41. The molecule has 4 aliphatic carbocycles. The first-order valence-corrected chi connectivity index (χ1v) is 14.2. The molecule has 0 unspecified atom stereocenters. The number of rotatable bonds is 4. The minimum atomic E-state index is -4.41. The van der Waals surface area contributed by atoms with Crippen LogP contribution in [0.3, 0.4) is 0 Å². The van der Waals surface area contributed by atoms with Gasteiger partial charge in [0.05, 0.1) is 8.47 Å². The van der Waals surface area contributed by atoms with Crippen molar-refractivity contribution in [1.82, 2.24) is 0 Å². The zero-order valence-electron chi connectivity index (χ0n) is 17.0. The van der Waals surface area contributed by atoms with Crippen molar-refractivity contribution < 1.29 is 27.6 Å². The minimum absolute atomic E-state index is 0.0328. The molecule has 0 amide bonds. The van der Waals surface area contributed by atoms with Crippen LogP contribution in [0.15, 0.2) is 35.2 Å². The van der Waals surface area contributed by atoms with Crippen molar-refractivity contribution in [2.75, 3.05) is 0 Å². The summed E-state index contributed by atoms with van der Waals surface area (Å²) in [5, 5.41) is 10.3. The number of aromatic hydroxyl groups is 1. The van der Waals surface area contributed by atoms with Gasteiger partial charge in [0.2, 0.25) is 0 Å². The fourth-order valence-electron chi connectivity index (χ4n) is 6.40. The molecular weight excluding hydrogens is 658 g/mol. The van der Waals surface area contributed by atoms with Crippen molar-refractivity contribution in [2.24, 2.45) is 23.7 Å². The highest BCUT2D eigenvalue weighted by molar-refractivity contribution is 14.1. The lowest BCUT2D eigenvalue weighted by Crippen LogP contribution is -2.44. The average molecular weight is 680 g/mol. The molecule has 2 aromatic rings. The number of carbonyl (C=O) groups excluding carboxylic acids is 1. The summed E-state index contributed by atoms with van der Waals surface area (Å²) in [6.07, 6.45) is 5.62. The highest BCUT2D eigenvalue weighted by Gasteiger charge is 2.49. The number of ether oxygens (including phenoxy) is 1. The Morgan fingerprint density at radius 1 is 0.969 bits per heavy atom. The summed E-state index contributed by atoms with van der Waals surface area (Å²) in [4.78, 5) is 12.7. The van der Waals surface area contributed by atoms with E-state index < -0.39 is 16.1 Å². The molecule has 32 heavy (non-hydrogen) atoms. The van der Waals surface area contributed by atoms with E-state index in [1.807, 2.05) is 22.6 Å². The molecule has 4 fully saturated rings. The molecule has 0 spiro atoms. The summed E-state index contributed by atoms with van der Waals surface area (Å²) in [5.41, 5.74) is 0.601. The van der Waals surface area contributed by atoms with Crippen molar-refractivity contribution in [3.8, 4) is 11.5 Å². The zero-order chi connectivity index (χ0) is 22.8. The molecule has 0 saturated heterocycles. The van der Waals surface area contributed by atoms with Gasteiger partial charge < -0.3 is 9.84 Å². The third-order valence-corrected chi connectivity index (χ3v) is 9.68. The Labute approximate surface area is 214 Å². The van der Waals surface area contributed by atoms with E-state index >= 15 is 0 Å². The van der Waals surface area contributed by atoms with Crippen LogP contribution in [0.1, 0.15) is 53.9 Å². The molecule has 2 aromatic carbocycles. The van der Waals surface area contributed by atoms with Gasteiger partial charge in [-0.1, -0.05) is 0 Å². The second-order valence-electron chi connectivity index (χ2n) is 9.30. The standard InChI is InChI=1S/C23H22I2O6S/c24-15-8-18(22(26)19(25)9-15)23(27)31-16-1-2-20(32(28,29)30)17(10-16)21-13-4-11-3-12(6-13)7-14(21)5-11/h1-2,8-14,21,26H,3-7H2,(H,28,29,30). The average Bonchev–Trinajstić information content (AvgIpc) is 2.69. The van der Waals surface area contributed by atoms with Gasteiger partial charge in [-0.05, 0) is 143 Å². The zero-order valence-corrected chi connectivity index (χ0v) is 22.1. The van der Waals surface area contributed by atoms with Gasteiger partial charge in [-0.2, -0.15) is 8.42 Å². The largest absolute Gasteiger partial charge is 0.506 e. The summed E-state index contributed by atoms with van der Waals surface area (Å²) >= 11 is 4.01. The lowest BCUT2D eigenvalue weighted by Gasteiger charge is -2.54. The van der Waals surface area contributed by atoms with Gasteiger partial charge in [0, 0.05) is 3.57 Å². The number of esters is 1. The fourth-order valence-corrected chi connectivity index (χ4v) is 8.98. The van der Waals surface area contributed by atoms with Gasteiger partial charge in [0.15, 0.2) is 0 Å². The first-order valence-electron chi connectivity index (χ1n) is 10.6. The first kappa shape index (κ1) is 22.9. The van der Waals surface area contributed by atoms with Crippen LogP contribution in [0.4, 0.5) is 0 Å². The third-order valence-electron chi connectivity index (χ3n) is 7.30. The first-order chi connectivity index (χ1) is 15.1. The molecule has 0 heterocycles. The molecule has 170 valence electrons. The van der Waals surface area contributed by atoms with Gasteiger partial charge >= 0.3 is 5.97 Å². The van der Waals surface area contributed by atoms with Gasteiger partial charge in [0.25, 0.3) is 10.1 Å². The SMILES string of the molecule is O=C(Oc1ccc(S(=O)(=O)O)c(C2C3CC4CC(C3)CC2C4)c1)c1cc(I)cc(I)c1O. The monoisotopic (exact) mass is 680 g/mol. The number of phenols is 1. The number of halogens is 2. The molecule has 0 aromatic heterocycles. The normalized spacial score (nSPS) is 28.7. The molecule has 9 heteroatoms. The quantitative estimate of drug-likeness (QED) is 0.189. The minimum Gasteiger partial charge on any atom is -0.506 e. The van der Waals surface area contributed by atoms with E-state index in [1.165, 1.54) is 18.6 Å². The van der Waals surface area contributed by atoms with Gasteiger partial charge in [-0.15, -0.1) is 0 Å². The maximum atomic E-state index is 12.8. The second kappa shape index (κ2) is 8.38. The Balaban J connectivity index is 1.51. The summed E-state index contributed by atoms with van der Waals surface area (Å²) in [6, 6.07) is 7.61. The van der Waals surface area contributed by atoms with Crippen molar-refractivity contribution >= 4 is 61.3 Å². The molecule has 2 N–H and O–H groups in total.